The Kier molecular flexibility index (Phi) is 4.81. The van der Waals surface area contributed by atoms with Gasteiger partial charge in [-0.15, -0.1) is 0 Å². The van der Waals surface area contributed by atoms with Crippen molar-refractivity contribution in [3.05, 3.63) is 52.8 Å². The lowest BCUT2D eigenvalue weighted by Crippen LogP contribution is -2.22. The molecule has 4 rings (SSSR count). The van der Waals surface area contributed by atoms with Crippen molar-refractivity contribution in [2.75, 3.05) is 10.6 Å². The summed E-state index contributed by atoms with van der Waals surface area (Å²) in [7, 11) is 0. The topological polar surface area (TPSA) is 112 Å². The molecule has 3 heterocycles. The number of hydrogen-bond acceptors (Lipinski definition) is 6. The number of amides is 3. The van der Waals surface area contributed by atoms with Gasteiger partial charge in [-0.1, -0.05) is 17.7 Å². The maximum absolute atomic E-state index is 11.9. The smallest absolute Gasteiger partial charge is 0.326 e. The van der Waals surface area contributed by atoms with E-state index in [1.807, 2.05) is 32.0 Å². The first-order valence-electron chi connectivity index (χ1n) is 8.91. The molecule has 148 valence electrons. The summed E-state index contributed by atoms with van der Waals surface area (Å²) in [6.45, 7) is 4.03. The Labute approximate surface area is 171 Å². The molecule has 0 aliphatic carbocycles. The van der Waals surface area contributed by atoms with E-state index in [0.29, 0.717) is 22.1 Å². The van der Waals surface area contributed by atoms with Gasteiger partial charge in [-0.2, -0.15) is 9.61 Å². The molecular formula is C19H18ClN7O2. The summed E-state index contributed by atoms with van der Waals surface area (Å²) in [6.07, 6.45) is 3.12. The van der Waals surface area contributed by atoms with Crippen LogP contribution in [-0.4, -0.2) is 32.6 Å². The lowest BCUT2D eigenvalue weighted by atomic mass is 10.2. The monoisotopic (exact) mass is 411 g/mol. The van der Waals surface area contributed by atoms with Crippen LogP contribution < -0.4 is 21.3 Å². The second-order valence-electron chi connectivity index (χ2n) is 6.76. The SMILES string of the molecule is CC(C)Nc1cc(Nc2cccc(Cl)c2)nc2c(/C=C3\NC(=O)NC3=O)cnn12. The molecule has 0 unspecified atom stereocenters. The number of nitrogens with zero attached hydrogens (tertiary/aromatic N) is 3. The number of hydrogen-bond donors (Lipinski definition) is 4. The summed E-state index contributed by atoms with van der Waals surface area (Å²) < 4.78 is 1.64. The van der Waals surface area contributed by atoms with Crippen molar-refractivity contribution in [2.24, 2.45) is 0 Å². The maximum atomic E-state index is 11.9. The highest BCUT2D eigenvalue weighted by atomic mass is 35.5. The summed E-state index contributed by atoms with van der Waals surface area (Å²) in [6, 6.07) is 8.74. The van der Waals surface area contributed by atoms with E-state index < -0.39 is 11.9 Å². The molecule has 1 saturated heterocycles. The van der Waals surface area contributed by atoms with Gasteiger partial charge in [0.1, 0.15) is 17.3 Å². The molecule has 2 aromatic heterocycles. The normalized spacial score (nSPS) is 15.1. The van der Waals surface area contributed by atoms with Gasteiger partial charge in [0.15, 0.2) is 5.65 Å². The zero-order chi connectivity index (χ0) is 20.5. The number of halogens is 1. The molecule has 1 aromatic carbocycles. The summed E-state index contributed by atoms with van der Waals surface area (Å²) in [4.78, 5) is 27.8. The van der Waals surface area contributed by atoms with Crippen LogP contribution in [0.25, 0.3) is 11.7 Å². The Morgan fingerprint density at radius 2 is 2.03 bits per heavy atom. The van der Waals surface area contributed by atoms with Crippen LogP contribution in [0.4, 0.5) is 22.1 Å². The van der Waals surface area contributed by atoms with Crippen molar-refractivity contribution in [3.8, 4) is 0 Å². The van der Waals surface area contributed by atoms with Crippen LogP contribution in [0.1, 0.15) is 19.4 Å². The number of carbonyl (C=O) groups is 2. The lowest BCUT2D eigenvalue weighted by molar-refractivity contribution is -0.115. The average molecular weight is 412 g/mol. The fourth-order valence-corrected chi connectivity index (χ4v) is 3.09. The molecule has 3 aromatic rings. The highest BCUT2D eigenvalue weighted by molar-refractivity contribution is 6.30. The van der Waals surface area contributed by atoms with Crippen molar-refractivity contribution < 1.29 is 9.59 Å². The first-order valence-corrected chi connectivity index (χ1v) is 9.29. The molecule has 3 amide bonds. The Morgan fingerprint density at radius 1 is 1.21 bits per heavy atom. The molecular weight excluding hydrogens is 394 g/mol. The van der Waals surface area contributed by atoms with Crippen LogP contribution in [0.2, 0.25) is 5.02 Å². The number of imide groups is 1. The molecule has 0 saturated carbocycles. The Morgan fingerprint density at radius 3 is 2.72 bits per heavy atom. The fourth-order valence-electron chi connectivity index (χ4n) is 2.90. The highest BCUT2D eigenvalue weighted by Crippen LogP contribution is 2.25. The van der Waals surface area contributed by atoms with Gasteiger partial charge in [-0.3, -0.25) is 10.1 Å². The van der Waals surface area contributed by atoms with Crippen LogP contribution in [0.3, 0.4) is 0 Å². The predicted octanol–water partition coefficient (Wildman–Crippen LogP) is 3.13. The minimum Gasteiger partial charge on any atom is -0.368 e. The Balaban J connectivity index is 1.79. The number of nitrogens with one attached hydrogen (secondary N) is 4. The molecule has 29 heavy (non-hydrogen) atoms. The minimum atomic E-state index is -0.559. The fraction of sp³-hybridized carbons (Fsp3) is 0.158. The van der Waals surface area contributed by atoms with Crippen molar-refractivity contribution in [2.45, 2.75) is 19.9 Å². The average Bonchev–Trinajstić information content (AvgIpc) is 3.18. The molecule has 0 bridgehead atoms. The summed E-state index contributed by atoms with van der Waals surface area (Å²) >= 11 is 6.07. The van der Waals surface area contributed by atoms with E-state index in [0.717, 1.165) is 11.5 Å². The third-order valence-electron chi connectivity index (χ3n) is 4.05. The van der Waals surface area contributed by atoms with Gasteiger partial charge >= 0.3 is 6.03 Å². The van der Waals surface area contributed by atoms with Crippen LogP contribution in [0.15, 0.2) is 42.2 Å². The number of fused-ring (bicyclic) bond motifs is 1. The van der Waals surface area contributed by atoms with Crippen molar-refractivity contribution in [3.63, 3.8) is 0 Å². The summed E-state index contributed by atoms with van der Waals surface area (Å²) in [5.41, 5.74) is 2.02. The minimum absolute atomic E-state index is 0.137. The standard InChI is InChI=1S/C19H18ClN7O2/c1-10(2)22-16-8-15(23-13-5-3-4-12(20)7-13)25-17-11(9-21-27(16)17)6-14-18(28)26-19(29)24-14/h3-10,22H,1-2H3,(H,23,25)(H2,24,26,28,29)/b14-6-. The van der Waals surface area contributed by atoms with Gasteiger partial charge in [0.05, 0.1) is 6.20 Å². The molecule has 0 atom stereocenters. The zero-order valence-electron chi connectivity index (χ0n) is 15.7. The molecule has 10 heteroatoms. The largest absolute Gasteiger partial charge is 0.368 e. The zero-order valence-corrected chi connectivity index (χ0v) is 16.4. The van der Waals surface area contributed by atoms with Crippen LogP contribution in [0.5, 0.6) is 0 Å². The molecule has 4 N–H and O–H groups in total. The predicted molar refractivity (Wildman–Crippen MR) is 111 cm³/mol. The number of anilines is 3. The summed E-state index contributed by atoms with van der Waals surface area (Å²) in [5.74, 6) is 0.796. The van der Waals surface area contributed by atoms with E-state index in [-0.39, 0.29) is 11.7 Å². The van der Waals surface area contributed by atoms with Crippen LogP contribution in [-0.2, 0) is 4.79 Å². The third-order valence-corrected chi connectivity index (χ3v) is 4.29. The number of carbonyl (C=O) groups excluding carboxylic acids is 2. The lowest BCUT2D eigenvalue weighted by Gasteiger charge is -2.14. The quantitative estimate of drug-likeness (QED) is 0.379. The molecule has 0 spiro atoms. The number of rotatable bonds is 5. The first kappa shape index (κ1) is 18.8. The number of urea groups is 1. The third kappa shape index (κ3) is 3.99. The number of benzene rings is 1. The number of aromatic nitrogens is 3. The van der Waals surface area contributed by atoms with Gasteiger partial charge in [0, 0.05) is 28.4 Å². The van der Waals surface area contributed by atoms with E-state index in [1.54, 1.807) is 22.8 Å². The van der Waals surface area contributed by atoms with E-state index in [9.17, 15) is 9.59 Å². The molecule has 9 nitrogen and oxygen atoms in total. The van der Waals surface area contributed by atoms with Gasteiger partial charge in [0.2, 0.25) is 0 Å². The molecule has 0 radical (unpaired) electrons. The molecule has 1 aliphatic rings. The van der Waals surface area contributed by atoms with E-state index in [1.165, 1.54) is 6.08 Å². The maximum Gasteiger partial charge on any atom is 0.326 e. The highest BCUT2D eigenvalue weighted by Gasteiger charge is 2.23. The summed E-state index contributed by atoms with van der Waals surface area (Å²) in [5, 5.41) is 16.2. The van der Waals surface area contributed by atoms with Crippen LogP contribution >= 0.6 is 11.6 Å². The molecule has 1 fully saturated rings. The van der Waals surface area contributed by atoms with Crippen molar-refractivity contribution >= 4 is 52.6 Å². The van der Waals surface area contributed by atoms with Crippen molar-refractivity contribution in [1.29, 1.82) is 0 Å². The van der Waals surface area contributed by atoms with E-state index >= 15 is 0 Å². The Hall–Kier alpha value is -3.59. The van der Waals surface area contributed by atoms with Crippen molar-refractivity contribution in [1.82, 2.24) is 25.2 Å². The van der Waals surface area contributed by atoms with E-state index in [4.69, 9.17) is 11.6 Å². The van der Waals surface area contributed by atoms with Gasteiger partial charge in [0.25, 0.3) is 5.91 Å². The van der Waals surface area contributed by atoms with E-state index in [2.05, 4.69) is 31.3 Å². The van der Waals surface area contributed by atoms with Gasteiger partial charge in [-0.25, -0.2) is 9.78 Å². The second-order valence-corrected chi connectivity index (χ2v) is 7.20. The van der Waals surface area contributed by atoms with Gasteiger partial charge in [-0.05, 0) is 38.1 Å². The van der Waals surface area contributed by atoms with Crippen LogP contribution in [0, 0.1) is 0 Å². The second kappa shape index (κ2) is 7.44. The molecule has 1 aliphatic heterocycles. The first-order chi connectivity index (χ1) is 13.9. The Bertz CT molecular complexity index is 1150. The van der Waals surface area contributed by atoms with Gasteiger partial charge < -0.3 is 16.0 Å².